The highest BCUT2D eigenvalue weighted by molar-refractivity contribution is 5.47. The molecule has 0 spiro atoms. The summed E-state index contributed by atoms with van der Waals surface area (Å²) >= 11 is 0. The molecule has 1 N–H and O–H groups in total. The largest absolute Gasteiger partial charge is 0.507 e. The van der Waals surface area contributed by atoms with E-state index in [1.807, 2.05) is 0 Å². The summed E-state index contributed by atoms with van der Waals surface area (Å²) in [4.78, 5) is 14.4. The van der Waals surface area contributed by atoms with E-state index in [9.17, 15) is 14.3 Å². The minimum atomic E-state index is -0.834. The molecule has 0 saturated heterocycles. The molecule has 1 aliphatic rings. The number of methoxy groups -OCH3 is 1. The third kappa shape index (κ3) is 1.97. The van der Waals surface area contributed by atoms with Gasteiger partial charge in [-0.25, -0.2) is 9.18 Å². The Morgan fingerprint density at radius 1 is 1.44 bits per heavy atom. The highest BCUT2D eigenvalue weighted by Gasteiger charge is 2.38. The van der Waals surface area contributed by atoms with Gasteiger partial charge in [0.2, 0.25) is 6.08 Å². The second-order valence-electron chi connectivity index (χ2n) is 4.45. The molecule has 2 rings (SSSR count). The molecular weight excluding hydrogens is 237 g/mol. The van der Waals surface area contributed by atoms with Crippen LogP contribution in [0.2, 0.25) is 0 Å². The topological polar surface area (TPSA) is 58.9 Å². The van der Waals surface area contributed by atoms with E-state index >= 15 is 0 Å². The van der Waals surface area contributed by atoms with Crippen LogP contribution >= 0.6 is 0 Å². The fraction of sp³-hybridized carbons (Fsp3) is 0.462. The molecule has 1 saturated carbocycles. The Morgan fingerprint density at radius 2 is 2.11 bits per heavy atom. The lowest BCUT2D eigenvalue weighted by molar-refractivity contribution is 0.368. The van der Waals surface area contributed by atoms with Gasteiger partial charge in [-0.3, -0.25) is 0 Å². The van der Waals surface area contributed by atoms with Crippen LogP contribution < -0.4 is 4.74 Å². The molecule has 1 aromatic rings. The first-order valence-electron chi connectivity index (χ1n) is 5.79. The highest BCUT2D eigenvalue weighted by atomic mass is 19.1. The summed E-state index contributed by atoms with van der Waals surface area (Å²) in [6.45, 7) is 0. The number of phenols is 1. The predicted molar refractivity (Wildman–Crippen MR) is 62.9 cm³/mol. The van der Waals surface area contributed by atoms with Gasteiger partial charge >= 0.3 is 0 Å². The number of isocyanates is 1. The van der Waals surface area contributed by atoms with E-state index in [0.29, 0.717) is 18.4 Å². The van der Waals surface area contributed by atoms with Crippen LogP contribution in [0.3, 0.4) is 0 Å². The average Bonchev–Trinajstić information content (AvgIpc) is 2.81. The van der Waals surface area contributed by atoms with Crippen molar-refractivity contribution in [3.63, 3.8) is 0 Å². The molecule has 96 valence electrons. The van der Waals surface area contributed by atoms with Gasteiger partial charge < -0.3 is 9.84 Å². The summed E-state index contributed by atoms with van der Waals surface area (Å²) in [6.07, 6.45) is 4.53. The fourth-order valence-corrected chi connectivity index (χ4v) is 2.56. The minimum Gasteiger partial charge on any atom is -0.507 e. The molecule has 5 heteroatoms. The van der Waals surface area contributed by atoms with E-state index in [0.717, 1.165) is 12.8 Å². The Kier molecular flexibility index (Phi) is 3.34. The van der Waals surface area contributed by atoms with E-state index in [2.05, 4.69) is 4.99 Å². The molecule has 0 heterocycles. The van der Waals surface area contributed by atoms with Crippen molar-refractivity contribution < 1.29 is 19.0 Å². The zero-order valence-corrected chi connectivity index (χ0v) is 10.1. The number of phenolic OH excluding ortho intramolecular Hbond substituents is 1. The maximum Gasteiger partial charge on any atom is 0.235 e. The van der Waals surface area contributed by atoms with Gasteiger partial charge in [-0.2, -0.15) is 4.99 Å². The van der Waals surface area contributed by atoms with Crippen molar-refractivity contribution in [3.05, 3.63) is 23.5 Å². The average molecular weight is 251 g/mol. The molecule has 4 nitrogen and oxygen atoms in total. The molecule has 0 bridgehead atoms. The molecule has 0 atom stereocenters. The zero-order chi connectivity index (χ0) is 13.2. The quantitative estimate of drug-likeness (QED) is 0.663. The molecule has 0 amide bonds. The zero-order valence-electron chi connectivity index (χ0n) is 10.1. The van der Waals surface area contributed by atoms with E-state index in [4.69, 9.17) is 4.74 Å². The summed E-state index contributed by atoms with van der Waals surface area (Å²) in [5.41, 5.74) is -0.500. The van der Waals surface area contributed by atoms with Crippen molar-refractivity contribution in [1.82, 2.24) is 0 Å². The van der Waals surface area contributed by atoms with Crippen molar-refractivity contribution in [2.75, 3.05) is 7.11 Å². The molecule has 1 aliphatic carbocycles. The molecule has 1 fully saturated rings. The predicted octanol–water partition coefficient (Wildman–Crippen LogP) is 2.65. The fourth-order valence-electron chi connectivity index (χ4n) is 2.56. The van der Waals surface area contributed by atoms with Crippen LogP contribution in [0.4, 0.5) is 4.39 Å². The number of carbonyl (C=O) groups excluding carboxylic acids is 1. The second-order valence-corrected chi connectivity index (χ2v) is 4.45. The number of aliphatic imine (C=N–C) groups is 1. The van der Waals surface area contributed by atoms with Crippen LogP contribution in [0.15, 0.2) is 17.1 Å². The number of hydrogen-bond acceptors (Lipinski definition) is 4. The molecular formula is C13H14FNO3. The lowest BCUT2D eigenvalue weighted by Gasteiger charge is -2.24. The molecule has 0 aromatic heterocycles. The Hall–Kier alpha value is -1.87. The highest BCUT2D eigenvalue weighted by Crippen LogP contribution is 2.46. The van der Waals surface area contributed by atoms with Gasteiger partial charge in [-0.05, 0) is 18.9 Å². The number of nitrogens with zero attached hydrogens (tertiary/aromatic N) is 1. The third-order valence-corrected chi connectivity index (χ3v) is 3.46. The number of benzene rings is 1. The van der Waals surface area contributed by atoms with Gasteiger partial charge in [0.05, 0.1) is 7.11 Å². The maximum atomic E-state index is 13.7. The normalized spacial score (nSPS) is 17.2. The summed E-state index contributed by atoms with van der Waals surface area (Å²) < 4.78 is 18.5. The molecule has 0 aliphatic heterocycles. The lowest BCUT2D eigenvalue weighted by atomic mass is 9.88. The first-order chi connectivity index (χ1) is 8.63. The molecule has 0 radical (unpaired) electrons. The minimum absolute atomic E-state index is 0.0283. The van der Waals surface area contributed by atoms with Gasteiger partial charge in [-0.15, -0.1) is 0 Å². The van der Waals surface area contributed by atoms with Crippen molar-refractivity contribution in [2.24, 2.45) is 4.99 Å². The maximum absolute atomic E-state index is 13.7. The standard InChI is InChI=1S/C13H14FNO3/c1-18-12-7-11(17)9(6-10(12)14)13(15-8-16)4-2-3-5-13/h6-7,17H,2-5H2,1H3. The van der Waals surface area contributed by atoms with E-state index < -0.39 is 11.4 Å². The van der Waals surface area contributed by atoms with E-state index in [1.165, 1.54) is 25.3 Å². The number of ether oxygens (including phenoxy) is 1. The smallest absolute Gasteiger partial charge is 0.235 e. The molecule has 0 unspecified atom stereocenters. The first-order valence-corrected chi connectivity index (χ1v) is 5.79. The summed E-state index contributed by atoms with van der Waals surface area (Å²) in [5.74, 6) is -0.702. The van der Waals surface area contributed by atoms with Crippen LogP contribution in [-0.4, -0.2) is 18.3 Å². The Balaban J connectivity index is 2.55. The van der Waals surface area contributed by atoms with Crippen molar-refractivity contribution >= 4 is 6.08 Å². The molecule has 18 heavy (non-hydrogen) atoms. The number of rotatable bonds is 3. The first kappa shape index (κ1) is 12.6. The van der Waals surface area contributed by atoms with E-state index in [1.54, 1.807) is 0 Å². The summed E-state index contributed by atoms with van der Waals surface area (Å²) in [7, 11) is 1.33. The number of hydrogen-bond donors (Lipinski definition) is 1. The van der Waals surface area contributed by atoms with Crippen LogP contribution in [0, 0.1) is 5.82 Å². The SMILES string of the molecule is COc1cc(O)c(C2(N=C=O)CCCC2)cc1F. The second kappa shape index (κ2) is 4.78. The van der Waals surface area contributed by atoms with Crippen molar-refractivity contribution in [1.29, 1.82) is 0 Å². The summed E-state index contributed by atoms with van der Waals surface area (Å²) in [5, 5.41) is 9.96. The van der Waals surface area contributed by atoms with Crippen molar-refractivity contribution in [3.8, 4) is 11.5 Å². The van der Waals surface area contributed by atoms with Crippen LogP contribution in [0.1, 0.15) is 31.2 Å². The third-order valence-electron chi connectivity index (χ3n) is 3.46. The van der Waals surface area contributed by atoms with Gasteiger partial charge in [0, 0.05) is 11.6 Å². The summed E-state index contributed by atoms with van der Waals surface area (Å²) in [6, 6.07) is 2.41. The van der Waals surface area contributed by atoms with Gasteiger partial charge in [0.15, 0.2) is 11.6 Å². The Morgan fingerprint density at radius 3 is 2.67 bits per heavy atom. The number of aromatic hydroxyl groups is 1. The van der Waals surface area contributed by atoms with Gasteiger partial charge in [0.25, 0.3) is 0 Å². The van der Waals surface area contributed by atoms with Gasteiger partial charge in [0.1, 0.15) is 11.3 Å². The lowest BCUT2D eigenvalue weighted by Crippen LogP contribution is -2.19. The van der Waals surface area contributed by atoms with E-state index in [-0.39, 0.29) is 11.5 Å². The van der Waals surface area contributed by atoms with Crippen LogP contribution in [0.25, 0.3) is 0 Å². The van der Waals surface area contributed by atoms with Gasteiger partial charge in [-0.1, -0.05) is 12.8 Å². The molecule has 1 aromatic carbocycles. The number of halogens is 1. The van der Waals surface area contributed by atoms with Crippen LogP contribution in [0.5, 0.6) is 11.5 Å². The Bertz CT molecular complexity index is 503. The monoisotopic (exact) mass is 251 g/mol. The Labute approximate surface area is 104 Å². The van der Waals surface area contributed by atoms with Crippen LogP contribution in [-0.2, 0) is 10.3 Å². The van der Waals surface area contributed by atoms with Crippen molar-refractivity contribution in [2.45, 2.75) is 31.2 Å².